The minimum absolute atomic E-state index is 0.569. The van der Waals surface area contributed by atoms with E-state index in [1.165, 1.54) is 0 Å². The maximum atomic E-state index is 10.7. The van der Waals surface area contributed by atoms with E-state index in [9.17, 15) is 4.79 Å². The van der Waals surface area contributed by atoms with Crippen molar-refractivity contribution < 1.29 is 4.79 Å². The molecule has 0 radical (unpaired) electrons. The number of unbranched alkanes of at least 4 members (excludes halogenated alkanes) is 1. The second-order valence-corrected chi connectivity index (χ2v) is 2.28. The zero-order valence-electron chi connectivity index (χ0n) is 6.53. The molecule has 5 nitrogen and oxygen atoms in total. The molecule has 2 N–H and O–H groups in total. The molecule has 0 aromatic heterocycles. The van der Waals surface area contributed by atoms with E-state index in [0.717, 1.165) is 12.8 Å². The monoisotopic (exact) mass is 156 g/mol. The summed E-state index contributed by atoms with van der Waals surface area (Å²) in [5.41, 5.74) is 13.3. The van der Waals surface area contributed by atoms with Crippen LogP contribution in [-0.4, -0.2) is 11.9 Å². The fourth-order valence-electron chi connectivity index (χ4n) is 0.666. The topological polar surface area (TPSA) is 91.9 Å². The standard InChI is InChI=1S/C6H12N4O/c1-2-3-4-5(7)6(11)9-10-8/h5H,2-4,7H2,1H3/t5-/m0/s1. The highest BCUT2D eigenvalue weighted by molar-refractivity contribution is 5.82. The molecule has 0 bridgehead atoms. The van der Waals surface area contributed by atoms with Crippen LogP contribution < -0.4 is 5.73 Å². The predicted octanol–water partition coefficient (Wildman–Crippen LogP) is 1.34. The van der Waals surface area contributed by atoms with Crippen LogP contribution in [0, 0.1) is 0 Å². The quantitative estimate of drug-likeness (QED) is 0.378. The molecule has 0 aromatic carbocycles. The maximum absolute atomic E-state index is 10.7. The van der Waals surface area contributed by atoms with Crippen LogP contribution in [0.2, 0.25) is 0 Å². The highest BCUT2D eigenvalue weighted by Gasteiger charge is 2.09. The predicted molar refractivity (Wildman–Crippen MR) is 41.7 cm³/mol. The van der Waals surface area contributed by atoms with Gasteiger partial charge in [-0.3, -0.25) is 4.79 Å². The van der Waals surface area contributed by atoms with E-state index in [-0.39, 0.29) is 0 Å². The Labute approximate surface area is 65.2 Å². The molecule has 0 saturated carbocycles. The molecule has 11 heavy (non-hydrogen) atoms. The van der Waals surface area contributed by atoms with E-state index in [4.69, 9.17) is 11.3 Å². The molecule has 62 valence electrons. The molecule has 0 spiro atoms. The lowest BCUT2D eigenvalue weighted by Crippen LogP contribution is -2.28. The molecule has 0 aliphatic rings. The summed E-state index contributed by atoms with van der Waals surface area (Å²) in [5.74, 6) is -0.569. The molecule has 0 unspecified atom stereocenters. The number of azide groups is 1. The number of hydrogen-bond donors (Lipinski definition) is 1. The first-order valence-corrected chi connectivity index (χ1v) is 3.57. The van der Waals surface area contributed by atoms with Gasteiger partial charge in [0.15, 0.2) is 0 Å². The Morgan fingerprint density at radius 2 is 2.45 bits per heavy atom. The highest BCUT2D eigenvalue weighted by atomic mass is 16.2. The van der Waals surface area contributed by atoms with E-state index in [1.807, 2.05) is 6.92 Å². The Morgan fingerprint density at radius 3 is 2.91 bits per heavy atom. The number of hydrogen-bond acceptors (Lipinski definition) is 2. The number of carbonyl (C=O) groups excluding carboxylic acids is 1. The van der Waals surface area contributed by atoms with Crippen molar-refractivity contribution >= 4 is 5.91 Å². The third-order valence-electron chi connectivity index (χ3n) is 1.33. The summed E-state index contributed by atoms with van der Waals surface area (Å²) in [6, 6.07) is -0.620. The van der Waals surface area contributed by atoms with Gasteiger partial charge in [-0.05, 0) is 17.1 Å². The Hall–Kier alpha value is -1.06. The first-order chi connectivity index (χ1) is 5.22. The van der Waals surface area contributed by atoms with Gasteiger partial charge in [0.2, 0.25) is 5.91 Å². The van der Waals surface area contributed by atoms with Crippen LogP contribution >= 0.6 is 0 Å². The minimum Gasteiger partial charge on any atom is -0.321 e. The van der Waals surface area contributed by atoms with Crippen molar-refractivity contribution in [2.45, 2.75) is 32.2 Å². The molecule has 0 saturated heterocycles. The SMILES string of the molecule is CCCC[C@H](N)C(=O)N=[N+]=[N-]. The van der Waals surface area contributed by atoms with Crippen LogP contribution in [0.4, 0.5) is 0 Å². The van der Waals surface area contributed by atoms with Crippen LogP contribution in [0.3, 0.4) is 0 Å². The van der Waals surface area contributed by atoms with E-state index >= 15 is 0 Å². The van der Waals surface area contributed by atoms with Gasteiger partial charge >= 0.3 is 0 Å². The lowest BCUT2D eigenvalue weighted by atomic mass is 10.1. The zero-order valence-corrected chi connectivity index (χ0v) is 6.53. The van der Waals surface area contributed by atoms with Gasteiger partial charge in [0.1, 0.15) is 0 Å². The third kappa shape index (κ3) is 4.36. The number of amides is 1. The van der Waals surface area contributed by atoms with Crippen molar-refractivity contribution in [1.82, 2.24) is 0 Å². The first kappa shape index (κ1) is 9.94. The highest BCUT2D eigenvalue weighted by Crippen LogP contribution is 1.99. The summed E-state index contributed by atoms with van der Waals surface area (Å²) in [4.78, 5) is 13.1. The second-order valence-electron chi connectivity index (χ2n) is 2.28. The normalized spacial score (nSPS) is 11.8. The van der Waals surface area contributed by atoms with Crippen LogP contribution in [0.15, 0.2) is 5.11 Å². The van der Waals surface area contributed by atoms with Crippen molar-refractivity contribution in [2.24, 2.45) is 10.8 Å². The number of nitrogens with zero attached hydrogens (tertiary/aromatic N) is 3. The molecule has 0 heterocycles. The van der Waals surface area contributed by atoms with E-state index in [0.29, 0.717) is 6.42 Å². The third-order valence-corrected chi connectivity index (χ3v) is 1.33. The van der Waals surface area contributed by atoms with Gasteiger partial charge in [0.25, 0.3) is 0 Å². The number of rotatable bonds is 4. The van der Waals surface area contributed by atoms with Crippen molar-refractivity contribution in [1.29, 1.82) is 0 Å². The molecular weight excluding hydrogens is 144 g/mol. The molecule has 5 heteroatoms. The fraction of sp³-hybridized carbons (Fsp3) is 0.833. The summed E-state index contributed by atoms with van der Waals surface area (Å²) in [6.45, 7) is 2.00. The van der Waals surface area contributed by atoms with Gasteiger partial charge in [-0.2, -0.15) is 0 Å². The Bertz CT molecular complexity index is 173. The first-order valence-electron chi connectivity index (χ1n) is 3.57. The van der Waals surface area contributed by atoms with E-state index < -0.39 is 11.9 Å². The lowest BCUT2D eigenvalue weighted by molar-refractivity contribution is -0.119. The average molecular weight is 156 g/mol. The molecule has 0 fully saturated rings. The zero-order chi connectivity index (χ0) is 8.69. The van der Waals surface area contributed by atoms with Gasteiger partial charge in [-0.1, -0.05) is 19.8 Å². The fourth-order valence-corrected chi connectivity index (χ4v) is 0.666. The average Bonchev–Trinajstić information content (AvgIpc) is 2.00. The molecule has 0 aliphatic carbocycles. The van der Waals surface area contributed by atoms with E-state index in [1.54, 1.807) is 0 Å². The smallest absolute Gasteiger partial charge is 0.235 e. The van der Waals surface area contributed by atoms with Gasteiger partial charge in [-0.15, -0.1) is 0 Å². The summed E-state index contributed by atoms with van der Waals surface area (Å²) < 4.78 is 0. The molecule has 0 aliphatic heterocycles. The van der Waals surface area contributed by atoms with Crippen LogP contribution in [-0.2, 0) is 4.79 Å². The molecule has 1 amide bonds. The molecular formula is C6H12N4O. The second kappa shape index (κ2) is 5.70. The van der Waals surface area contributed by atoms with Crippen molar-refractivity contribution in [3.63, 3.8) is 0 Å². The number of carbonyl (C=O) groups is 1. The summed E-state index contributed by atoms with van der Waals surface area (Å²) in [5, 5.41) is 2.89. The van der Waals surface area contributed by atoms with Crippen molar-refractivity contribution in [3.8, 4) is 0 Å². The molecule has 0 rings (SSSR count). The Balaban J connectivity index is 3.73. The van der Waals surface area contributed by atoms with Crippen LogP contribution in [0.25, 0.3) is 10.4 Å². The summed E-state index contributed by atoms with van der Waals surface area (Å²) >= 11 is 0. The Morgan fingerprint density at radius 1 is 1.82 bits per heavy atom. The van der Waals surface area contributed by atoms with Crippen molar-refractivity contribution in [2.75, 3.05) is 0 Å². The minimum atomic E-state index is -0.620. The van der Waals surface area contributed by atoms with E-state index in [2.05, 4.69) is 10.0 Å². The summed E-state index contributed by atoms with van der Waals surface area (Å²) in [6.07, 6.45) is 2.46. The van der Waals surface area contributed by atoms with Crippen molar-refractivity contribution in [3.05, 3.63) is 10.4 Å². The maximum Gasteiger partial charge on any atom is 0.235 e. The molecule has 1 atom stereocenters. The molecule has 0 aromatic rings. The van der Waals surface area contributed by atoms with Gasteiger partial charge in [0.05, 0.1) is 6.04 Å². The van der Waals surface area contributed by atoms with Crippen LogP contribution in [0.5, 0.6) is 0 Å². The number of nitrogens with two attached hydrogens (primary N) is 1. The summed E-state index contributed by atoms with van der Waals surface area (Å²) in [7, 11) is 0. The van der Waals surface area contributed by atoms with Gasteiger partial charge in [-0.25, -0.2) is 0 Å². The largest absolute Gasteiger partial charge is 0.321 e. The Kier molecular flexibility index (Phi) is 5.15. The van der Waals surface area contributed by atoms with Crippen LogP contribution in [0.1, 0.15) is 26.2 Å². The van der Waals surface area contributed by atoms with Gasteiger partial charge in [0, 0.05) is 4.91 Å². The van der Waals surface area contributed by atoms with Gasteiger partial charge < -0.3 is 5.73 Å². The lowest BCUT2D eigenvalue weighted by Gasteiger charge is -2.03.